The minimum Gasteiger partial charge on any atom is -0.355 e. The van der Waals surface area contributed by atoms with Crippen LogP contribution in [0.3, 0.4) is 0 Å². The van der Waals surface area contributed by atoms with E-state index in [1.165, 1.54) is 25.7 Å². The van der Waals surface area contributed by atoms with Crippen LogP contribution in [0.25, 0.3) is 0 Å². The van der Waals surface area contributed by atoms with Crippen molar-refractivity contribution in [2.45, 2.75) is 46.5 Å². The molecule has 0 bridgehead atoms. The van der Waals surface area contributed by atoms with Gasteiger partial charge in [-0.15, -0.1) is 0 Å². The molecule has 1 aromatic rings. The van der Waals surface area contributed by atoms with Crippen LogP contribution >= 0.6 is 0 Å². The molecule has 0 N–H and O–H groups in total. The quantitative estimate of drug-likeness (QED) is 0.830. The number of hydrogen-bond donors (Lipinski definition) is 0. The summed E-state index contributed by atoms with van der Waals surface area (Å²) in [6.45, 7) is 8.33. The fourth-order valence-corrected chi connectivity index (χ4v) is 3.03. The molecule has 0 aromatic carbocycles. The van der Waals surface area contributed by atoms with Crippen molar-refractivity contribution in [2.75, 3.05) is 18.0 Å². The Labute approximate surface area is 116 Å². The lowest BCUT2D eigenvalue weighted by Gasteiger charge is -2.33. The maximum atomic E-state index is 9.34. The minimum absolute atomic E-state index is 0.750. The fourth-order valence-electron chi connectivity index (χ4n) is 3.03. The smallest absolute Gasteiger partial charge is 0.147 e. The molecule has 102 valence electrons. The Balaban J connectivity index is 2.18. The molecule has 3 heteroatoms. The molecule has 0 atom stereocenters. The first-order chi connectivity index (χ1) is 9.15. The Bertz CT molecular complexity index is 480. The summed E-state index contributed by atoms with van der Waals surface area (Å²) in [5.41, 5.74) is 2.79. The SMILES string of the molecule is CCCC1CCN(c2nc(C)cc(C)c2C#N)CC1. The van der Waals surface area contributed by atoms with Gasteiger partial charge in [0.2, 0.25) is 0 Å². The van der Waals surface area contributed by atoms with Gasteiger partial charge >= 0.3 is 0 Å². The van der Waals surface area contributed by atoms with Crippen LogP contribution in [-0.4, -0.2) is 18.1 Å². The molecule has 0 unspecified atom stereocenters. The number of hydrogen-bond acceptors (Lipinski definition) is 3. The number of aryl methyl sites for hydroxylation is 2. The highest BCUT2D eigenvalue weighted by molar-refractivity contribution is 5.58. The van der Waals surface area contributed by atoms with Crippen molar-refractivity contribution in [1.29, 1.82) is 5.26 Å². The Morgan fingerprint density at radius 2 is 2.05 bits per heavy atom. The van der Waals surface area contributed by atoms with Crippen LogP contribution < -0.4 is 4.90 Å². The molecule has 0 amide bonds. The summed E-state index contributed by atoms with van der Waals surface area (Å²) in [4.78, 5) is 6.90. The van der Waals surface area contributed by atoms with E-state index in [0.717, 1.165) is 41.6 Å². The summed E-state index contributed by atoms with van der Waals surface area (Å²) < 4.78 is 0. The van der Waals surface area contributed by atoms with Crippen molar-refractivity contribution >= 4 is 5.82 Å². The molecule has 2 rings (SSSR count). The van der Waals surface area contributed by atoms with E-state index >= 15 is 0 Å². The van der Waals surface area contributed by atoms with E-state index in [4.69, 9.17) is 0 Å². The van der Waals surface area contributed by atoms with Gasteiger partial charge in [-0.25, -0.2) is 4.98 Å². The lowest BCUT2D eigenvalue weighted by Crippen LogP contribution is -2.35. The molecule has 1 aliphatic rings. The zero-order chi connectivity index (χ0) is 13.8. The van der Waals surface area contributed by atoms with E-state index in [1.54, 1.807) is 0 Å². The standard InChI is InChI=1S/C16H23N3/c1-4-5-14-6-8-19(9-7-14)16-15(11-17)12(2)10-13(3)18-16/h10,14H,4-9H2,1-3H3. The van der Waals surface area contributed by atoms with E-state index in [1.807, 2.05) is 19.9 Å². The number of anilines is 1. The van der Waals surface area contributed by atoms with Gasteiger partial charge < -0.3 is 4.90 Å². The summed E-state index contributed by atoms with van der Waals surface area (Å²) in [6.07, 6.45) is 5.07. The van der Waals surface area contributed by atoms with E-state index in [-0.39, 0.29) is 0 Å². The second kappa shape index (κ2) is 6.06. The molecule has 3 nitrogen and oxygen atoms in total. The van der Waals surface area contributed by atoms with Crippen LogP contribution in [0, 0.1) is 31.1 Å². The third-order valence-electron chi connectivity index (χ3n) is 4.05. The molecule has 0 spiro atoms. The molecule has 19 heavy (non-hydrogen) atoms. The van der Waals surface area contributed by atoms with Gasteiger partial charge in [0.15, 0.2) is 0 Å². The predicted molar refractivity (Wildman–Crippen MR) is 78.3 cm³/mol. The molecule has 1 aliphatic heterocycles. The first kappa shape index (κ1) is 13.9. The van der Waals surface area contributed by atoms with Crippen molar-refractivity contribution in [2.24, 2.45) is 5.92 Å². The second-order valence-electron chi connectivity index (χ2n) is 5.61. The molecule has 0 saturated carbocycles. The topological polar surface area (TPSA) is 39.9 Å². The summed E-state index contributed by atoms with van der Waals surface area (Å²) >= 11 is 0. The van der Waals surface area contributed by atoms with Gasteiger partial charge in [0.05, 0.1) is 5.56 Å². The largest absolute Gasteiger partial charge is 0.355 e. The molecule has 1 saturated heterocycles. The summed E-state index contributed by atoms with van der Waals surface area (Å²) in [7, 11) is 0. The highest BCUT2D eigenvalue weighted by atomic mass is 15.2. The molecular weight excluding hydrogens is 234 g/mol. The highest BCUT2D eigenvalue weighted by Crippen LogP contribution is 2.28. The number of nitriles is 1. The van der Waals surface area contributed by atoms with Gasteiger partial charge in [-0.05, 0) is 44.2 Å². The van der Waals surface area contributed by atoms with E-state index in [0.29, 0.717) is 0 Å². The van der Waals surface area contributed by atoms with Gasteiger partial charge in [0.1, 0.15) is 11.9 Å². The van der Waals surface area contributed by atoms with Crippen LogP contribution in [-0.2, 0) is 0 Å². The Morgan fingerprint density at radius 1 is 1.37 bits per heavy atom. The van der Waals surface area contributed by atoms with Gasteiger partial charge in [-0.2, -0.15) is 5.26 Å². The maximum Gasteiger partial charge on any atom is 0.147 e. The van der Waals surface area contributed by atoms with Crippen molar-refractivity contribution in [1.82, 2.24) is 4.98 Å². The second-order valence-corrected chi connectivity index (χ2v) is 5.61. The minimum atomic E-state index is 0.750. The third kappa shape index (κ3) is 3.07. The first-order valence-electron chi connectivity index (χ1n) is 7.29. The van der Waals surface area contributed by atoms with Crippen LogP contribution in [0.15, 0.2) is 6.07 Å². The molecule has 1 aromatic heterocycles. The van der Waals surface area contributed by atoms with Crippen LogP contribution in [0.1, 0.15) is 49.4 Å². The Hall–Kier alpha value is -1.56. The molecule has 0 aliphatic carbocycles. The maximum absolute atomic E-state index is 9.34. The predicted octanol–water partition coefficient (Wildman–Crippen LogP) is 3.59. The van der Waals surface area contributed by atoms with E-state index < -0.39 is 0 Å². The van der Waals surface area contributed by atoms with Crippen LogP contribution in [0.4, 0.5) is 5.82 Å². The van der Waals surface area contributed by atoms with Gasteiger partial charge in [0.25, 0.3) is 0 Å². The average molecular weight is 257 g/mol. The Morgan fingerprint density at radius 3 is 2.63 bits per heavy atom. The number of aromatic nitrogens is 1. The van der Waals surface area contributed by atoms with E-state index in [9.17, 15) is 5.26 Å². The first-order valence-corrected chi connectivity index (χ1v) is 7.29. The lowest BCUT2D eigenvalue weighted by atomic mass is 9.92. The number of pyridine rings is 1. The third-order valence-corrected chi connectivity index (χ3v) is 4.05. The zero-order valence-corrected chi connectivity index (χ0v) is 12.2. The average Bonchev–Trinajstić information content (AvgIpc) is 2.39. The summed E-state index contributed by atoms with van der Waals surface area (Å²) in [5, 5.41) is 9.34. The van der Waals surface area contributed by atoms with Gasteiger partial charge in [-0.1, -0.05) is 19.8 Å². The van der Waals surface area contributed by atoms with Crippen molar-refractivity contribution < 1.29 is 0 Å². The molecular formula is C16H23N3. The number of nitrogens with zero attached hydrogens (tertiary/aromatic N) is 3. The summed E-state index contributed by atoms with van der Waals surface area (Å²) in [6, 6.07) is 4.31. The van der Waals surface area contributed by atoms with Crippen LogP contribution in [0.2, 0.25) is 0 Å². The molecule has 2 heterocycles. The Kier molecular flexibility index (Phi) is 4.42. The zero-order valence-electron chi connectivity index (χ0n) is 12.2. The van der Waals surface area contributed by atoms with Crippen molar-refractivity contribution in [3.8, 4) is 6.07 Å². The molecule has 0 radical (unpaired) electrons. The summed E-state index contributed by atoms with van der Waals surface area (Å²) in [5.74, 6) is 1.76. The monoisotopic (exact) mass is 257 g/mol. The van der Waals surface area contributed by atoms with Gasteiger partial charge in [0, 0.05) is 18.8 Å². The number of rotatable bonds is 3. The molecule has 1 fully saturated rings. The van der Waals surface area contributed by atoms with Crippen molar-refractivity contribution in [3.63, 3.8) is 0 Å². The fraction of sp³-hybridized carbons (Fsp3) is 0.625. The lowest BCUT2D eigenvalue weighted by molar-refractivity contribution is 0.377. The normalized spacial score (nSPS) is 16.4. The number of piperidine rings is 1. The van der Waals surface area contributed by atoms with Crippen molar-refractivity contribution in [3.05, 3.63) is 22.9 Å². The van der Waals surface area contributed by atoms with Gasteiger partial charge in [-0.3, -0.25) is 0 Å². The highest BCUT2D eigenvalue weighted by Gasteiger charge is 2.22. The van der Waals surface area contributed by atoms with E-state index in [2.05, 4.69) is 22.9 Å². The van der Waals surface area contributed by atoms with Crippen LogP contribution in [0.5, 0.6) is 0 Å².